The van der Waals surface area contributed by atoms with Gasteiger partial charge >= 0.3 is 0 Å². The van der Waals surface area contributed by atoms with Crippen molar-refractivity contribution in [2.24, 2.45) is 5.92 Å². The quantitative estimate of drug-likeness (QED) is 0.567. The number of hydrogen-bond acceptors (Lipinski definition) is 3. The minimum absolute atomic E-state index is 0.287. The molecule has 0 aliphatic heterocycles. The highest BCUT2D eigenvalue weighted by atomic mass is 19.1. The molecule has 0 saturated heterocycles. The lowest BCUT2D eigenvalue weighted by Gasteiger charge is -2.23. The number of alkyl halides is 1. The molecule has 88 valence electrons. The number of rotatable bonds is 5. The molecule has 5 heteroatoms. The summed E-state index contributed by atoms with van der Waals surface area (Å²) in [6.45, 7) is -1.03. The number of halogens is 1. The van der Waals surface area contributed by atoms with Crippen LogP contribution in [0.25, 0.3) is 0 Å². The summed E-state index contributed by atoms with van der Waals surface area (Å²) < 4.78 is 12.2. The lowest BCUT2D eigenvalue weighted by atomic mass is 9.84. The van der Waals surface area contributed by atoms with Gasteiger partial charge in [-0.1, -0.05) is 32.1 Å². The number of aliphatic hydroxyl groups excluding tert-OH is 1. The molecule has 1 saturated carbocycles. The molecule has 1 aliphatic rings. The maximum absolute atomic E-state index is 12.2. The molecule has 0 aromatic heterocycles. The molecule has 1 N–H and O–H groups in total. The molecular weight excluding hydrogens is 201 g/mol. The molecule has 0 radical (unpaired) electrons. The van der Waals surface area contributed by atoms with Gasteiger partial charge in [0.15, 0.2) is 0 Å². The van der Waals surface area contributed by atoms with Gasteiger partial charge in [0.2, 0.25) is 6.04 Å². The van der Waals surface area contributed by atoms with E-state index in [4.69, 9.17) is 0 Å². The van der Waals surface area contributed by atoms with Gasteiger partial charge in [-0.15, -0.1) is 0 Å². The van der Waals surface area contributed by atoms with Crippen molar-refractivity contribution in [3.8, 4) is 0 Å². The van der Waals surface area contributed by atoms with Crippen molar-refractivity contribution >= 4 is 0 Å². The largest absolute Gasteiger partial charge is 0.383 e. The molecule has 0 aromatic carbocycles. The van der Waals surface area contributed by atoms with Gasteiger partial charge in [0, 0.05) is 11.3 Å². The molecule has 1 aliphatic carbocycles. The Labute approximate surface area is 88.6 Å². The van der Waals surface area contributed by atoms with Crippen LogP contribution in [0.3, 0.4) is 0 Å². The van der Waals surface area contributed by atoms with Crippen LogP contribution >= 0.6 is 0 Å². The minimum atomic E-state index is -1.44. The molecule has 0 bridgehead atoms. The molecule has 2 unspecified atom stereocenters. The zero-order chi connectivity index (χ0) is 11.3. The number of nitrogens with zero attached hydrogens (tertiary/aromatic N) is 1. The molecule has 0 amide bonds. The van der Waals surface area contributed by atoms with Crippen LogP contribution < -0.4 is 0 Å². The van der Waals surface area contributed by atoms with E-state index < -0.39 is 23.7 Å². The number of nitro groups is 1. The van der Waals surface area contributed by atoms with E-state index in [1.807, 2.05) is 0 Å². The normalized spacial score (nSPS) is 22.3. The third-order valence-corrected chi connectivity index (χ3v) is 3.17. The van der Waals surface area contributed by atoms with Gasteiger partial charge in [-0.05, 0) is 5.92 Å². The van der Waals surface area contributed by atoms with Crippen LogP contribution in [0.4, 0.5) is 4.39 Å². The van der Waals surface area contributed by atoms with Gasteiger partial charge in [0.25, 0.3) is 0 Å². The fourth-order valence-electron chi connectivity index (χ4n) is 2.25. The second kappa shape index (κ2) is 6.00. The van der Waals surface area contributed by atoms with Gasteiger partial charge in [0.1, 0.15) is 12.8 Å². The molecule has 0 spiro atoms. The summed E-state index contributed by atoms with van der Waals surface area (Å²) in [5.74, 6) is 0.287. The summed E-state index contributed by atoms with van der Waals surface area (Å²) in [5, 5.41) is 19.9. The molecule has 1 rings (SSSR count). The Balaban J connectivity index is 2.45. The van der Waals surface area contributed by atoms with Crippen LogP contribution in [0.5, 0.6) is 0 Å². The highest BCUT2D eigenvalue weighted by Crippen LogP contribution is 2.28. The summed E-state index contributed by atoms with van der Waals surface area (Å²) >= 11 is 0. The third-order valence-electron chi connectivity index (χ3n) is 3.17. The summed E-state index contributed by atoms with van der Waals surface area (Å²) in [4.78, 5) is 10.1. The van der Waals surface area contributed by atoms with Crippen LogP contribution in [0.15, 0.2) is 0 Å². The summed E-state index contributed by atoms with van der Waals surface area (Å²) in [6.07, 6.45) is 4.21. The van der Waals surface area contributed by atoms with E-state index >= 15 is 0 Å². The number of aliphatic hydroxyl groups is 1. The number of hydrogen-bond donors (Lipinski definition) is 1. The Hall–Kier alpha value is -0.710. The Kier molecular flexibility index (Phi) is 4.94. The molecule has 0 heterocycles. The first kappa shape index (κ1) is 12.4. The molecule has 4 nitrogen and oxygen atoms in total. The maximum Gasteiger partial charge on any atom is 0.241 e. The van der Waals surface area contributed by atoms with Gasteiger partial charge in [0.05, 0.1) is 0 Å². The average Bonchev–Trinajstić information content (AvgIpc) is 2.26. The van der Waals surface area contributed by atoms with Crippen LogP contribution in [-0.4, -0.2) is 28.9 Å². The van der Waals surface area contributed by atoms with Gasteiger partial charge in [-0.25, -0.2) is 4.39 Å². The molecule has 1 fully saturated rings. The summed E-state index contributed by atoms with van der Waals surface area (Å²) in [6, 6.07) is -1.13. The van der Waals surface area contributed by atoms with Crippen molar-refractivity contribution in [3.05, 3.63) is 10.1 Å². The van der Waals surface area contributed by atoms with Gasteiger partial charge in [-0.3, -0.25) is 10.1 Å². The third kappa shape index (κ3) is 3.74. The summed E-state index contributed by atoms with van der Waals surface area (Å²) in [5.41, 5.74) is 0. The van der Waals surface area contributed by atoms with Crippen molar-refractivity contribution < 1.29 is 14.4 Å². The highest BCUT2D eigenvalue weighted by molar-refractivity contribution is 4.74. The van der Waals surface area contributed by atoms with E-state index in [1.165, 1.54) is 6.42 Å². The zero-order valence-electron chi connectivity index (χ0n) is 8.77. The molecule has 0 aromatic rings. The predicted molar refractivity (Wildman–Crippen MR) is 54.0 cm³/mol. The predicted octanol–water partition coefficient (Wildman–Crippen LogP) is 1.93. The molecular formula is C10H18FNO3. The second-order valence-electron chi connectivity index (χ2n) is 4.31. The Bertz CT molecular complexity index is 207. The first-order chi connectivity index (χ1) is 7.15. The van der Waals surface area contributed by atoms with Crippen molar-refractivity contribution in [2.75, 3.05) is 6.67 Å². The van der Waals surface area contributed by atoms with E-state index in [0.717, 1.165) is 25.7 Å². The van der Waals surface area contributed by atoms with E-state index in [9.17, 15) is 19.6 Å². The monoisotopic (exact) mass is 219 g/mol. The summed E-state index contributed by atoms with van der Waals surface area (Å²) in [7, 11) is 0. The standard InChI is InChI=1S/C10H18FNO3/c11-7-10(13)9(12(14)15)6-8-4-2-1-3-5-8/h8-10,13H,1-7H2. The van der Waals surface area contributed by atoms with Crippen molar-refractivity contribution in [1.29, 1.82) is 0 Å². The first-order valence-corrected chi connectivity index (χ1v) is 5.52. The van der Waals surface area contributed by atoms with E-state index in [-0.39, 0.29) is 5.92 Å². The van der Waals surface area contributed by atoms with E-state index in [1.54, 1.807) is 0 Å². The molecule has 2 atom stereocenters. The van der Waals surface area contributed by atoms with E-state index in [2.05, 4.69) is 0 Å². The second-order valence-corrected chi connectivity index (χ2v) is 4.31. The topological polar surface area (TPSA) is 63.4 Å². The minimum Gasteiger partial charge on any atom is -0.383 e. The Morgan fingerprint density at radius 3 is 2.47 bits per heavy atom. The average molecular weight is 219 g/mol. The van der Waals surface area contributed by atoms with Crippen molar-refractivity contribution in [2.45, 2.75) is 50.7 Å². The van der Waals surface area contributed by atoms with Crippen LogP contribution in [0.1, 0.15) is 38.5 Å². The van der Waals surface area contributed by atoms with Crippen LogP contribution in [0.2, 0.25) is 0 Å². The maximum atomic E-state index is 12.2. The van der Waals surface area contributed by atoms with Crippen LogP contribution in [0, 0.1) is 16.0 Å². The Morgan fingerprint density at radius 2 is 2.00 bits per heavy atom. The van der Waals surface area contributed by atoms with Crippen LogP contribution in [-0.2, 0) is 0 Å². The lowest BCUT2D eigenvalue weighted by molar-refractivity contribution is -0.537. The molecule has 15 heavy (non-hydrogen) atoms. The fraction of sp³-hybridized carbons (Fsp3) is 1.00. The Morgan fingerprint density at radius 1 is 1.40 bits per heavy atom. The van der Waals surface area contributed by atoms with Crippen molar-refractivity contribution in [3.63, 3.8) is 0 Å². The van der Waals surface area contributed by atoms with E-state index in [0.29, 0.717) is 6.42 Å². The van der Waals surface area contributed by atoms with Gasteiger partial charge < -0.3 is 5.11 Å². The lowest BCUT2D eigenvalue weighted by Crippen LogP contribution is -2.37. The zero-order valence-corrected chi connectivity index (χ0v) is 8.77. The smallest absolute Gasteiger partial charge is 0.241 e. The van der Waals surface area contributed by atoms with Gasteiger partial charge in [-0.2, -0.15) is 0 Å². The highest BCUT2D eigenvalue weighted by Gasteiger charge is 2.33. The fourth-order valence-corrected chi connectivity index (χ4v) is 2.25. The van der Waals surface area contributed by atoms with Crippen molar-refractivity contribution in [1.82, 2.24) is 0 Å². The first-order valence-electron chi connectivity index (χ1n) is 5.52. The SMILES string of the molecule is O=[N+]([O-])C(CC1CCCCC1)C(O)CF.